The maximum Gasteiger partial charge on any atom is 0.249 e. The van der Waals surface area contributed by atoms with E-state index >= 15 is 0 Å². The van der Waals surface area contributed by atoms with Gasteiger partial charge in [-0.15, -0.1) is 0 Å². The van der Waals surface area contributed by atoms with Crippen LogP contribution in [-0.4, -0.2) is 24.4 Å². The molecule has 1 aromatic carbocycles. The van der Waals surface area contributed by atoms with Gasteiger partial charge in [0.25, 0.3) is 0 Å². The van der Waals surface area contributed by atoms with E-state index in [1.165, 1.54) is 0 Å². The fraction of sp³-hybridized carbons (Fsp3) is 0.467. The SMILES string of the molecule is CC(C)CC1NC(=O)CCN(c2cc(Br)ccc2Br)C1=O. The molecule has 0 spiro atoms. The molecule has 114 valence electrons. The minimum Gasteiger partial charge on any atom is -0.344 e. The van der Waals surface area contributed by atoms with Crippen LogP contribution in [0.1, 0.15) is 26.7 Å². The van der Waals surface area contributed by atoms with E-state index in [0.29, 0.717) is 25.3 Å². The van der Waals surface area contributed by atoms with Gasteiger partial charge in [0, 0.05) is 21.9 Å². The minimum atomic E-state index is -0.453. The smallest absolute Gasteiger partial charge is 0.249 e. The molecule has 1 unspecified atom stereocenters. The number of benzene rings is 1. The summed E-state index contributed by atoms with van der Waals surface area (Å²) < 4.78 is 1.74. The number of amides is 2. The predicted molar refractivity (Wildman–Crippen MR) is 90.2 cm³/mol. The second kappa shape index (κ2) is 6.92. The van der Waals surface area contributed by atoms with Crippen LogP contribution in [-0.2, 0) is 9.59 Å². The molecule has 0 saturated carbocycles. The topological polar surface area (TPSA) is 49.4 Å². The van der Waals surface area contributed by atoms with Gasteiger partial charge in [0.05, 0.1) is 5.69 Å². The molecule has 1 atom stereocenters. The molecule has 0 radical (unpaired) electrons. The van der Waals surface area contributed by atoms with Crippen LogP contribution in [0.3, 0.4) is 0 Å². The standard InChI is InChI=1S/C15H18Br2N2O2/c1-9(2)7-12-15(21)19(6-5-14(20)18-12)13-8-10(16)3-4-11(13)17/h3-4,8-9,12H,5-7H2,1-2H3,(H,18,20). The summed E-state index contributed by atoms with van der Waals surface area (Å²) in [6.45, 7) is 4.49. The molecule has 4 nitrogen and oxygen atoms in total. The summed E-state index contributed by atoms with van der Waals surface area (Å²) in [4.78, 5) is 26.3. The Balaban J connectivity index is 2.35. The van der Waals surface area contributed by atoms with E-state index in [1.54, 1.807) is 4.90 Å². The molecule has 2 amide bonds. The van der Waals surface area contributed by atoms with E-state index in [1.807, 2.05) is 32.0 Å². The van der Waals surface area contributed by atoms with Crippen LogP contribution in [0.2, 0.25) is 0 Å². The summed E-state index contributed by atoms with van der Waals surface area (Å²) >= 11 is 6.91. The lowest BCUT2D eigenvalue weighted by Crippen LogP contribution is -2.45. The summed E-state index contributed by atoms with van der Waals surface area (Å²) in [5.74, 6) is 0.223. The summed E-state index contributed by atoms with van der Waals surface area (Å²) in [6.07, 6.45) is 0.964. The first-order valence-corrected chi connectivity index (χ1v) is 8.53. The summed E-state index contributed by atoms with van der Waals surface area (Å²) in [7, 11) is 0. The van der Waals surface area contributed by atoms with Crippen molar-refractivity contribution in [3.05, 3.63) is 27.1 Å². The highest BCUT2D eigenvalue weighted by atomic mass is 79.9. The molecule has 6 heteroatoms. The first-order chi connectivity index (χ1) is 9.88. The van der Waals surface area contributed by atoms with Crippen molar-refractivity contribution in [1.29, 1.82) is 0 Å². The molecule has 1 N–H and O–H groups in total. The molecule has 1 fully saturated rings. The Labute approximate surface area is 141 Å². The molecule has 2 rings (SSSR count). The van der Waals surface area contributed by atoms with Crippen LogP contribution in [0.5, 0.6) is 0 Å². The van der Waals surface area contributed by atoms with E-state index in [2.05, 4.69) is 37.2 Å². The van der Waals surface area contributed by atoms with E-state index in [-0.39, 0.29) is 11.8 Å². The molecule has 1 aliphatic heterocycles. The van der Waals surface area contributed by atoms with Gasteiger partial charge in [0.1, 0.15) is 6.04 Å². The largest absolute Gasteiger partial charge is 0.344 e. The Morgan fingerprint density at radius 1 is 1.33 bits per heavy atom. The molecular weight excluding hydrogens is 400 g/mol. The zero-order valence-electron chi connectivity index (χ0n) is 12.0. The highest BCUT2D eigenvalue weighted by molar-refractivity contribution is 9.11. The number of carbonyl (C=O) groups excluding carboxylic acids is 2. The van der Waals surface area contributed by atoms with Gasteiger partial charge in [-0.05, 0) is 46.5 Å². The van der Waals surface area contributed by atoms with Crippen LogP contribution in [0.4, 0.5) is 5.69 Å². The Bertz CT molecular complexity index is 561. The first kappa shape index (κ1) is 16.5. The van der Waals surface area contributed by atoms with E-state index in [9.17, 15) is 9.59 Å². The second-order valence-corrected chi connectivity index (χ2v) is 7.36. The number of carbonyl (C=O) groups is 2. The fourth-order valence-corrected chi connectivity index (χ4v) is 3.21. The van der Waals surface area contributed by atoms with Crippen molar-refractivity contribution in [2.75, 3.05) is 11.4 Å². The third-order valence-electron chi connectivity index (χ3n) is 3.37. The van der Waals surface area contributed by atoms with Crippen molar-refractivity contribution >= 4 is 49.4 Å². The van der Waals surface area contributed by atoms with Gasteiger partial charge < -0.3 is 10.2 Å². The number of nitrogens with one attached hydrogen (secondary N) is 1. The highest BCUT2D eigenvalue weighted by Crippen LogP contribution is 2.31. The van der Waals surface area contributed by atoms with Crippen LogP contribution in [0.15, 0.2) is 27.1 Å². The van der Waals surface area contributed by atoms with Crippen molar-refractivity contribution < 1.29 is 9.59 Å². The molecule has 1 saturated heterocycles. The predicted octanol–water partition coefficient (Wildman–Crippen LogP) is 3.48. The van der Waals surface area contributed by atoms with Crippen molar-refractivity contribution in [3.63, 3.8) is 0 Å². The number of halogens is 2. The van der Waals surface area contributed by atoms with Gasteiger partial charge in [0.2, 0.25) is 11.8 Å². The maximum atomic E-state index is 12.8. The summed E-state index contributed by atoms with van der Waals surface area (Å²) in [5.41, 5.74) is 0.791. The minimum absolute atomic E-state index is 0.0478. The maximum absolute atomic E-state index is 12.8. The molecular formula is C15H18Br2N2O2. The third kappa shape index (κ3) is 4.07. The number of nitrogens with zero attached hydrogens (tertiary/aromatic N) is 1. The fourth-order valence-electron chi connectivity index (χ4n) is 2.40. The first-order valence-electron chi connectivity index (χ1n) is 6.94. The van der Waals surface area contributed by atoms with Crippen LogP contribution in [0, 0.1) is 5.92 Å². The molecule has 1 heterocycles. The zero-order valence-corrected chi connectivity index (χ0v) is 15.2. The van der Waals surface area contributed by atoms with Crippen molar-refractivity contribution in [2.24, 2.45) is 5.92 Å². The molecule has 1 aromatic rings. The van der Waals surface area contributed by atoms with E-state index in [4.69, 9.17) is 0 Å². The lowest BCUT2D eigenvalue weighted by Gasteiger charge is -2.26. The van der Waals surface area contributed by atoms with Gasteiger partial charge in [-0.3, -0.25) is 9.59 Å². The van der Waals surface area contributed by atoms with Crippen LogP contribution < -0.4 is 10.2 Å². The Morgan fingerprint density at radius 2 is 2.05 bits per heavy atom. The third-order valence-corrected chi connectivity index (χ3v) is 4.53. The Hall–Kier alpha value is -0.880. The average molecular weight is 418 g/mol. The monoisotopic (exact) mass is 416 g/mol. The van der Waals surface area contributed by atoms with Gasteiger partial charge >= 0.3 is 0 Å². The van der Waals surface area contributed by atoms with Gasteiger partial charge in [-0.2, -0.15) is 0 Å². The van der Waals surface area contributed by atoms with E-state index < -0.39 is 6.04 Å². The van der Waals surface area contributed by atoms with Gasteiger partial charge in [-0.1, -0.05) is 29.8 Å². The normalized spacial score (nSPS) is 19.7. The molecule has 21 heavy (non-hydrogen) atoms. The van der Waals surface area contributed by atoms with Crippen molar-refractivity contribution in [2.45, 2.75) is 32.7 Å². The van der Waals surface area contributed by atoms with E-state index in [0.717, 1.165) is 14.6 Å². The molecule has 0 aromatic heterocycles. The Morgan fingerprint density at radius 3 is 2.71 bits per heavy atom. The van der Waals surface area contributed by atoms with Gasteiger partial charge in [-0.25, -0.2) is 0 Å². The lowest BCUT2D eigenvalue weighted by atomic mass is 10.0. The summed E-state index contributed by atoms with van der Waals surface area (Å²) in [5, 5.41) is 2.84. The zero-order chi connectivity index (χ0) is 15.6. The highest BCUT2D eigenvalue weighted by Gasteiger charge is 2.31. The summed E-state index contributed by atoms with van der Waals surface area (Å²) in [6, 6.07) is 5.24. The number of anilines is 1. The van der Waals surface area contributed by atoms with Crippen molar-refractivity contribution in [1.82, 2.24) is 5.32 Å². The molecule has 0 bridgehead atoms. The number of hydrogen-bond donors (Lipinski definition) is 1. The lowest BCUT2D eigenvalue weighted by molar-refractivity contribution is -0.125. The average Bonchev–Trinajstić information content (AvgIpc) is 2.53. The number of hydrogen-bond acceptors (Lipinski definition) is 2. The van der Waals surface area contributed by atoms with Crippen LogP contribution >= 0.6 is 31.9 Å². The second-order valence-electron chi connectivity index (χ2n) is 5.59. The Kier molecular flexibility index (Phi) is 5.43. The quantitative estimate of drug-likeness (QED) is 0.818. The van der Waals surface area contributed by atoms with Gasteiger partial charge in [0.15, 0.2) is 0 Å². The molecule has 0 aliphatic carbocycles. The van der Waals surface area contributed by atoms with Crippen LogP contribution in [0.25, 0.3) is 0 Å². The number of rotatable bonds is 3. The van der Waals surface area contributed by atoms with Crippen molar-refractivity contribution in [3.8, 4) is 0 Å². The molecule has 1 aliphatic rings.